The lowest BCUT2D eigenvalue weighted by Crippen LogP contribution is -2.49. The van der Waals surface area contributed by atoms with Gasteiger partial charge in [0.1, 0.15) is 0 Å². The molecule has 1 saturated carbocycles. The van der Waals surface area contributed by atoms with E-state index in [4.69, 9.17) is 9.47 Å². The van der Waals surface area contributed by atoms with Gasteiger partial charge in [-0.05, 0) is 48.7 Å². The van der Waals surface area contributed by atoms with Crippen LogP contribution in [0.25, 0.3) is 6.08 Å². The highest BCUT2D eigenvalue weighted by Crippen LogP contribution is 2.58. The van der Waals surface area contributed by atoms with Crippen LogP contribution in [0, 0.1) is 17.3 Å². The van der Waals surface area contributed by atoms with Crippen LogP contribution in [0.4, 0.5) is 5.69 Å². The second kappa shape index (κ2) is 9.39. The number of fused-ring (bicyclic) bond motifs is 4. The number of phenolic OH excluding ortho intramolecular Hbond substituents is 1. The van der Waals surface area contributed by atoms with Gasteiger partial charge in [-0.1, -0.05) is 36.4 Å². The van der Waals surface area contributed by atoms with Crippen molar-refractivity contribution in [3.8, 4) is 17.2 Å². The van der Waals surface area contributed by atoms with Crippen molar-refractivity contribution < 1.29 is 24.2 Å². The van der Waals surface area contributed by atoms with E-state index in [1.54, 1.807) is 49.4 Å². The standard InChI is InChI=1S/C30H30N4O7/c1-30-20(11-10-17-14-23(40-3)25(35)24(15-17)41-4)19-12-13-32-28(38)31(2)29(39)34(32)22(19)16-21(30)26(36)33(27(30)37)18-8-6-5-7-9-18/h5-12,14-15,20-22,35H,13,16H2,1-4H3/t20-,21-,22+,30-/m0/s1. The van der Waals surface area contributed by atoms with Crippen LogP contribution in [-0.2, 0) is 23.2 Å². The van der Waals surface area contributed by atoms with Crippen molar-refractivity contribution in [3.05, 3.63) is 86.7 Å². The van der Waals surface area contributed by atoms with Gasteiger partial charge in [-0.15, -0.1) is 0 Å². The Labute approximate surface area is 235 Å². The van der Waals surface area contributed by atoms with E-state index >= 15 is 0 Å². The minimum absolute atomic E-state index is 0.136. The Hall–Kier alpha value is -4.80. The molecule has 3 aromatic rings. The Morgan fingerprint density at radius 2 is 1.66 bits per heavy atom. The summed E-state index contributed by atoms with van der Waals surface area (Å²) < 4.78 is 14.5. The average Bonchev–Trinajstić information content (AvgIpc) is 3.32. The SMILES string of the molecule is COc1cc(C=C[C@H]2C3=CCn4c(=O)n(C)c(=O)n4[C@@H]3C[C@H]3C(=O)N(c4ccccc4)C(=O)[C@@]23C)cc(OC)c1O. The zero-order valence-electron chi connectivity index (χ0n) is 23.1. The molecule has 0 unspecified atom stereocenters. The van der Waals surface area contributed by atoms with Gasteiger partial charge < -0.3 is 14.6 Å². The van der Waals surface area contributed by atoms with Crippen LogP contribution in [0.1, 0.15) is 24.9 Å². The predicted molar refractivity (Wildman–Crippen MR) is 150 cm³/mol. The summed E-state index contributed by atoms with van der Waals surface area (Å²) in [5.41, 5.74) is -0.144. The first kappa shape index (κ1) is 26.4. The maximum absolute atomic E-state index is 14.2. The molecule has 6 rings (SSSR count). The summed E-state index contributed by atoms with van der Waals surface area (Å²) in [6, 6.07) is 11.5. The minimum atomic E-state index is -1.16. The molecule has 11 heteroatoms. The zero-order chi connectivity index (χ0) is 29.2. The Morgan fingerprint density at radius 1 is 1.00 bits per heavy atom. The molecule has 2 aromatic carbocycles. The predicted octanol–water partition coefficient (Wildman–Crippen LogP) is 2.48. The van der Waals surface area contributed by atoms with E-state index < -0.39 is 34.7 Å². The lowest BCUT2D eigenvalue weighted by Gasteiger charge is -2.45. The summed E-state index contributed by atoms with van der Waals surface area (Å²) in [5.74, 6) is -1.69. The van der Waals surface area contributed by atoms with E-state index in [2.05, 4.69) is 0 Å². The summed E-state index contributed by atoms with van der Waals surface area (Å²) in [6.45, 7) is 1.97. The molecule has 3 heterocycles. The molecule has 1 saturated heterocycles. The van der Waals surface area contributed by atoms with Crippen molar-refractivity contribution in [3.63, 3.8) is 0 Å². The number of anilines is 1. The fourth-order valence-electron chi connectivity index (χ4n) is 6.63. The molecule has 1 aromatic heterocycles. The van der Waals surface area contributed by atoms with Crippen LogP contribution in [0.5, 0.6) is 17.2 Å². The molecule has 4 atom stereocenters. The van der Waals surface area contributed by atoms with Gasteiger partial charge in [0.2, 0.25) is 17.6 Å². The maximum Gasteiger partial charge on any atom is 0.347 e. The van der Waals surface area contributed by atoms with Gasteiger partial charge in [-0.2, -0.15) is 0 Å². The topological polar surface area (TPSA) is 125 Å². The number of hydrogen-bond acceptors (Lipinski definition) is 7. The van der Waals surface area contributed by atoms with E-state index in [1.165, 1.54) is 35.5 Å². The number of amides is 2. The Kier molecular flexibility index (Phi) is 6.05. The molecule has 1 N–H and O–H groups in total. The van der Waals surface area contributed by atoms with Gasteiger partial charge in [-0.25, -0.2) is 28.4 Å². The molecular weight excluding hydrogens is 528 g/mol. The van der Waals surface area contributed by atoms with Crippen molar-refractivity contribution in [1.29, 1.82) is 0 Å². The number of imide groups is 1. The second-order valence-corrected chi connectivity index (χ2v) is 10.8. The number of ether oxygens (including phenoxy) is 2. The number of aromatic nitrogens is 3. The number of benzene rings is 2. The van der Waals surface area contributed by atoms with Crippen LogP contribution in [0.15, 0.2) is 69.8 Å². The van der Waals surface area contributed by atoms with Crippen LogP contribution in [0.2, 0.25) is 0 Å². The molecule has 2 amide bonds. The van der Waals surface area contributed by atoms with Crippen LogP contribution < -0.4 is 25.8 Å². The lowest BCUT2D eigenvalue weighted by molar-refractivity contribution is -0.129. The normalized spacial score (nSPS) is 25.1. The number of methoxy groups -OCH3 is 2. The number of carbonyl (C=O) groups is 2. The summed E-state index contributed by atoms with van der Waals surface area (Å²) in [5, 5.41) is 10.4. The zero-order valence-corrected chi connectivity index (χ0v) is 23.1. The number of allylic oxidation sites excluding steroid dienone is 3. The van der Waals surface area contributed by atoms with Gasteiger partial charge in [0.15, 0.2) is 11.5 Å². The molecular formula is C30H30N4O7. The number of aromatic hydroxyl groups is 1. The molecule has 41 heavy (non-hydrogen) atoms. The van der Waals surface area contributed by atoms with Crippen molar-refractivity contribution in [1.82, 2.24) is 13.9 Å². The van der Waals surface area contributed by atoms with Crippen molar-refractivity contribution in [2.75, 3.05) is 19.1 Å². The first-order chi connectivity index (χ1) is 19.6. The fraction of sp³-hybridized carbons (Fsp3) is 0.333. The Bertz CT molecular complexity index is 1740. The van der Waals surface area contributed by atoms with Crippen molar-refractivity contribution in [2.45, 2.75) is 25.9 Å². The van der Waals surface area contributed by atoms with Gasteiger partial charge in [0.05, 0.1) is 43.8 Å². The molecule has 11 nitrogen and oxygen atoms in total. The number of carbonyl (C=O) groups excluding carboxylic acids is 2. The lowest BCUT2D eigenvalue weighted by atomic mass is 9.58. The molecule has 2 fully saturated rings. The number of nitrogens with zero attached hydrogens (tertiary/aromatic N) is 4. The van der Waals surface area contributed by atoms with E-state index in [0.29, 0.717) is 11.3 Å². The molecule has 0 spiro atoms. The van der Waals surface area contributed by atoms with Crippen molar-refractivity contribution >= 4 is 23.6 Å². The number of hydrogen-bond donors (Lipinski definition) is 1. The van der Waals surface area contributed by atoms with Gasteiger partial charge in [-0.3, -0.25) is 9.59 Å². The highest BCUT2D eigenvalue weighted by Gasteiger charge is 2.64. The summed E-state index contributed by atoms with van der Waals surface area (Å²) in [6.07, 6.45) is 5.74. The monoisotopic (exact) mass is 558 g/mol. The maximum atomic E-state index is 14.2. The number of phenols is 1. The van der Waals surface area contributed by atoms with Crippen LogP contribution >= 0.6 is 0 Å². The molecule has 1 aliphatic carbocycles. The number of para-hydroxylation sites is 1. The Balaban J connectivity index is 1.52. The van der Waals surface area contributed by atoms with Gasteiger partial charge in [0.25, 0.3) is 0 Å². The van der Waals surface area contributed by atoms with Crippen LogP contribution in [-0.4, -0.2) is 45.1 Å². The molecule has 212 valence electrons. The first-order valence-corrected chi connectivity index (χ1v) is 13.3. The smallest absolute Gasteiger partial charge is 0.347 e. The molecule has 0 radical (unpaired) electrons. The largest absolute Gasteiger partial charge is 0.502 e. The number of rotatable bonds is 5. The van der Waals surface area contributed by atoms with E-state index in [-0.39, 0.29) is 42.0 Å². The third kappa shape index (κ3) is 3.64. The van der Waals surface area contributed by atoms with E-state index in [1.807, 2.05) is 18.2 Å². The summed E-state index contributed by atoms with van der Waals surface area (Å²) in [4.78, 5) is 55.4. The molecule has 3 aliphatic rings. The molecule has 2 aliphatic heterocycles. The van der Waals surface area contributed by atoms with Gasteiger partial charge in [0, 0.05) is 13.0 Å². The average molecular weight is 559 g/mol. The van der Waals surface area contributed by atoms with E-state index in [0.717, 1.165) is 10.1 Å². The highest BCUT2D eigenvalue weighted by molar-refractivity contribution is 6.24. The Morgan fingerprint density at radius 3 is 2.29 bits per heavy atom. The third-order valence-electron chi connectivity index (χ3n) is 8.80. The van der Waals surface area contributed by atoms with Crippen molar-refractivity contribution in [2.24, 2.45) is 24.3 Å². The second-order valence-electron chi connectivity index (χ2n) is 10.8. The summed E-state index contributed by atoms with van der Waals surface area (Å²) >= 11 is 0. The first-order valence-electron chi connectivity index (χ1n) is 13.3. The molecule has 0 bridgehead atoms. The summed E-state index contributed by atoms with van der Waals surface area (Å²) in [7, 11) is 4.30. The quantitative estimate of drug-likeness (QED) is 0.377. The van der Waals surface area contributed by atoms with E-state index in [9.17, 15) is 24.3 Å². The van der Waals surface area contributed by atoms with Crippen LogP contribution in [0.3, 0.4) is 0 Å². The third-order valence-corrected chi connectivity index (χ3v) is 8.80. The fourth-order valence-corrected chi connectivity index (χ4v) is 6.63. The van der Waals surface area contributed by atoms with Gasteiger partial charge >= 0.3 is 11.4 Å². The highest BCUT2D eigenvalue weighted by atomic mass is 16.5. The minimum Gasteiger partial charge on any atom is -0.502 e.